The van der Waals surface area contributed by atoms with E-state index in [0.29, 0.717) is 13.0 Å². The second kappa shape index (κ2) is 7.58. The Morgan fingerprint density at radius 1 is 1.00 bits per heavy atom. The molecule has 0 spiro atoms. The van der Waals surface area contributed by atoms with E-state index in [9.17, 15) is 9.59 Å². The number of rotatable bonds is 6. The van der Waals surface area contributed by atoms with Gasteiger partial charge < -0.3 is 10.6 Å². The average Bonchev–Trinajstić information content (AvgIpc) is 2.12. The van der Waals surface area contributed by atoms with Gasteiger partial charge in [-0.15, -0.1) is 0 Å². The van der Waals surface area contributed by atoms with Gasteiger partial charge in [0.2, 0.25) is 11.8 Å². The summed E-state index contributed by atoms with van der Waals surface area (Å²) in [6.45, 7) is 4.67. The van der Waals surface area contributed by atoms with Crippen molar-refractivity contribution in [2.75, 3.05) is 13.1 Å². The van der Waals surface area contributed by atoms with Crippen molar-refractivity contribution in [2.24, 2.45) is 0 Å². The molecule has 2 amide bonds. The van der Waals surface area contributed by atoms with Crippen molar-refractivity contribution < 1.29 is 9.59 Å². The Bertz CT molecular complexity index is 169. The summed E-state index contributed by atoms with van der Waals surface area (Å²) < 4.78 is 0. The second-order valence-electron chi connectivity index (χ2n) is 2.88. The molecule has 0 rings (SSSR count). The van der Waals surface area contributed by atoms with Crippen LogP contribution in [-0.4, -0.2) is 24.9 Å². The molecule has 0 aromatic rings. The predicted molar refractivity (Wildman–Crippen MR) is 51.2 cm³/mol. The smallest absolute Gasteiger partial charge is 0.239 e. The van der Waals surface area contributed by atoms with Crippen molar-refractivity contribution in [1.29, 1.82) is 0 Å². The minimum Gasteiger partial charge on any atom is -0.355 e. The van der Waals surface area contributed by atoms with E-state index < -0.39 is 0 Å². The van der Waals surface area contributed by atoms with Crippen molar-refractivity contribution in [2.45, 2.75) is 33.1 Å². The van der Waals surface area contributed by atoms with Gasteiger partial charge in [0.1, 0.15) is 0 Å². The highest BCUT2D eigenvalue weighted by Crippen LogP contribution is 1.84. The molecule has 0 bridgehead atoms. The molecule has 4 heteroatoms. The van der Waals surface area contributed by atoms with Gasteiger partial charge in [0.05, 0.1) is 6.54 Å². The Morgan fingerprint density at radius 2 is 1.69 bits per heavy atom. The highest BCUT2D eigenvalue weighted by atomic mass is 16.2. The van der Waals surface area contributed by atoms with Gasteiger partial charge in [0.15, 0.2) is 0 Å². The fourth-order valence-corrected chi connectivity index (χ4v) is 0.821. The van der Waals surface area contributed by atoms with Crippen LogP contribution < -0.4 is 10.6 Å². The van der Waals surface area contributed by atoms with Crippen LogP contribution in [0, 0.1) is 0 Å². The number of hydrogen-bond acceptors (Lipinski definition) is 2. The van der Waals surface area contributed by atoms with Crippen molar-refractivity contribution in [1.82, 2.24) is 10.6 Å². The first-order chi connectivity index (χ1) is 6.20. The van der Waals surface area contributed by atoms with E-state index in [2.05, 4.69) is 10.6 Å². The first kappa shape index (κ1) is 11.9. The summed E-state index contributed by atoms with van der Waals surface area (Å²) in [6.07, 6.45) is 2.21. The Morgan fingerprint density at radius 3 is 2.23 bits per heavy atom. The largest absolute Gasteiger partial charge is 0.355 e. The highest BCUT2D eigenvalue weighted by Gasteiger charge is 2.02. The standard InChI is InChI=1S/C9H18N2O2/c1-3-5-8(12)11-7-9(13)10-6-4-2/h3-7H2,1-2H3,(H,10,13)(H,11,12). The quantitative estimate of drug-likeness (QED) is 0.632. The van der Waals surface area contributed by atoms with Crippen LogP contribution in [0.15, 0.2) is 0 Å². The maximum Gasteiger partial charge on any atom is 0.239 e. The maximum absolute atomic E-state index is 11.0. The normalized spacial score (nSPS) is 9.38. The second-order valence-corrected chi connectivity index (χ2v) is 2.88. The number of carbonyl (C=O) groups excluding carboxylic acids is 2. The highest BCUT2D eigenvalue weighted by molar-refractivity contribution is 5.84. The third-order valence-electron chi connectivity index (χ3n) is 1.50. The van der Waals surface area contributed by atoms with Crippen LogP contribution in [0.5, 0.6) is 0 Å². The molecule has 13 heavy (non-hydrogen) atoms. The number of hydrogen-bond donors (Lipinski definition) is 2. The Labute approximate surface area is 79.1 Å². The lowest BCUT2D eigenvalue weighted by molar-refractivity contribution is -0.126. The van der Waals surface area contributed by atoms with Crippen LogP contribution in [0.2, 0.25) is 0 Å². The molecule has 0 saturated carbocycles. The van der Waals surface area contributed by atoms with Crippen LogP contribution in [0.1, 0.15) is 33.1 Å². The number of nitrogens with one attached hydrogen (secondary N) is 2. The molecule has 0 radical (unpaired) electrons. The Balaban J connectivity index is 3.40. The lowest BCUT2D eigenvalue weighted by Crippen LogP contribution is -2.37. The van der Waals surface area contributed by atoms with Gasteiger partial charge in [-0.25, -0.2) is 0 Å². The molecule has 0 atom stereocenters. The zero-order valence-electron chi connectivity index (χ0n) is 8.35. The molecule has 0 heterocycles. The molecule has 4 nitrogen and oxygen atoms in total. The zero-order chi connectivity index (χ0) is 10.1. The van der Waals surface area contributed by atoms with Gasteiger partial charge in [-0.05, 0) is 12.8 Å². The molecule has 0 fully saturated rings. The minimum atomic E-state index is -0.119. The number of amides is 2. The van der Waals surface area contributed by atoms with E-state index in [1.54, 1.807) is 0 Å². The SMILES string of the molecule is CCCNC(=O)CNC(=O)CCC. The molecule has 0 unspecified atom stereocenters. The van der Waals surface area contributed by atoms with E-state index in [1.807, 2.05) is 13.8 Å². The van der Waals surface area contributed by atoms with Crippen LogP contribution in [0.25, 0.3) is 0 Å². The van der Waals surface area contributed by atoms with Crippen LogP contribution in [0.4, 0.5) is 0 Å². The molecule has 76 valence electrons. The molecule has 0 aliphatic heterocycles. The molecule has 0 aromatic heterocycles. The van der Waals surface area contributed by atoms with Crippen molar-refractivity contribution in [3.05, 3.63) is 0 Å². The number of carbonyl (C=O) groups is 2. The van der Waals surface area contributed by atoms with Crippen molar-refractivity contribution >= 4 is 11.8 Å². The third kappa shape index (κ3) is 7.31. The Hall–Kier alpha value is -1.06. The molecule has 0 aliphatic carbocycles. The van der Waals surface area contributed by atoms with Gasteiger partial charge in [-0.2, -0.15) is 0 Å². The summed E-state index contributed by atoms with van der Waals surface area (Å²) in [5.41, 5.74) is 0. The van der Waals surface area contributed by atoms with E-state index in [0.717, 1.165) is 12.8 Å². The van der Waals surface area contributed by atoms with Gasteiger partial charge in [-0.1, -0.05) is 13.8 Å². The molecule has 0 aromatic carbocycles. The summed E-state index contributed by atoms with van der Waals surface area (Å²) in [7, 11) is 0. The monoisotopic (exact) mass is 186 g/mol. The molecule has 0 saturated heterocycles. The van der Waals surface area contributed by atoms with E-state index in [4.69, 9.17) is 0 Å². The summed E-state index contributed by atoms with van der Waals surface area (Å²) in [4.78, 5) is 21.9. The van der Waals surface area contributed by atoms with Crippen LogP contribution >= 0.6 is 0 Å². The van der Waals surface area contributed by atoms with Crippen molar-refractivity contribution in [3.63, 3.8) is 0 Å². The molecular formula is C9H18N2O2. The Kier molecular flexibility index (Phi) is 6.96. The first-order valence-electron chi connectivity index (χ1n) is 4.74. The molecule has 2 N–H and O–H groups in total. The van der Waals surface area contributed by atoms with Crippen molar-refractivity contribution in [3.8, 4) is 0 Å². The summed E-state index contributed by atoms with van der Waals surface area (Å²) in [5, 5.41) is 5.22. The summed E-state index contributed by atoms with van der Waals surface area (Å²) in [6, 6.07) is 0. The maximum atomic E-state index is 11.0. The van der Waals surface area contributed by atoms with E-state index >= 15 is 0 Å². The summed E-state index contributed by atoms with van der Waals surface area (Å²) >= 11 is 0. The predicted octanol–water partition coefficient (Wildman–Crippen LogP) is 0.429. The third-order valence-corrected chi connectivity index (χ3v) is 1.50. The summed E-state index contributed by atoms with van der Waals surface area (Å²) in [5.74, 6) is -0.180. The van der Waals surface area contributed by atoms with Crippen LogP contribution in [-0.2, 0) is 9.59 Å². The lowest BCUT2D eigenvalue weighted by atomic mass is 10.3. The van der Waals surface area contributed by atoms with E-state index in [-0.39, 0.29) is 18.4 Å². The van der Waals surface area contributed by atoms with Gasteiger partial charge in [0, 0.05) is 13.0 Å². The fourth-order valence-electron chi connectivity index (χ4n) is 0.821. The van der Waals surface area contributed by atoms with Gasteiger partial charge in [-0.3, -0.25) is 9.59 Å². The average molecular weight is 186 g/mol. The van der Waals surface area contributed by atoms with E-state index in [1.165, 1.54) is 0 Å². The first-order valence-corrected chi connectivity index (χ1v) is 4.74. The minimum absolute atomic E-state index is 0.0610. The topological polar surface area (TPSA) is 58.2 Å². The van der Waals surface area contributed by atoms with Gasteiger partial charge >= 0.3 is 0 Å². The van der Waals surface area contributed by atoms with Gasteiger partial charge in [0.25, 0.3) is 0 Å². The van der Waals surface area contributed by atoms with Crippen LogP contribution in [0.3, 0.4) is 0 Å². The lowest BCUT2D eigenvalue weighted by Gasteiger charge is -2.04. The fraction of sp³-hybridized carbons (Fsp3) is 0.778. The molecular weight excluding hydrogens is 168 g/mol. The molecule has 0 aliphatic rings. The zero-order valence-corrected chi connectivity index (χ0v) is 8.35.